The van der Waals surface area contributed by atoms with Crippen molar-refractivity contribution in [2.45, 2.75) is 34.1 Å². The number of benzene rings is 2. The number of hydrogen-bond acceptors (Lipinski definition) is 6. The minimum Gasteiger partial charge on any atom is -0.494 e. The first-order valence-electron chi connectivity index (χ1n) is 10.9. The molecule has 1 amide bonds. The lowest BCUT2D eigenvalue weighted by molar-refractivity contribution is -0.121. The predicted octanol–water partition coefficient (Wildman–Crippen LogP) is 4.35. The second-order valence-electron chi connectivity index (χ2n) is 7.33. The highest BCUT2D eigenvalue weighted by Gasteiger charge is 2.10. The molecule has 0 atom stereocenters. The van der Waals surface area contributed by atoms with Crippen LogP contribution in [0.15, 0.2) is 59.6 Å². The summed E-state index contributed by atoms with van der Waals surface area (Å²) in [5, 5.41) is 5.86. The van der Waals surface area contributed by atoms with Crippen LogP contribution < -0.4 is 20.1 Å². The van der Waals surface area contributed by atoms with Gasteiger partial charge >= 0.3 is 0 Å². The summed E-state index contributed by atoms with van der Waals surface area (Å²) in [5.74, 6) is 1.45. The molecule has 1 aromatic heterocycles. The molecule has 0 aliphatic rings. The molecule has 0 bridgehead atoms. The maximum Gasteiger partial charge on any atom is 0.264 e. The molecule has 0 spiro atoms. The summed E-state index contributed by atoms with van der Waals surface area (Å²) in [5.41, 5.74) is 3.49. The van der Waals surface area contributed by atoms with Crippen LogP contribution in [-0.2, 0) is 11.2 Å². The summed E-state index contributed by atoms with van der Waals surface area (Å²) in [6, 6.07) is 16.8. The third kappa shape index (κ3) is 7.60. The molecule has 0 saturated heterocycles. The number of rotatable bonds is 8. The van der Waals surface area contributed by atoms with Gasteiger partial charge in [-0.2, -0.15) is 4.99 Å². The number of aryl methyl sites for hydroxylation is 3. The molecule has 1 heterocycles. The molecule has 0 radical (unpaired) electrons. The predicted molar refractivity (Wildman–Crippen MR) is 129 cm³/mol. The standard InChI is InChI=1S/C25H29N5O3/c1-5-19-7-11-22(12-8-19)33-16-23(31)29-25(30-24-26-17(3)15-18(4)27-24)28-20-9-13-21(14-10-20)32-6-2/h7-15H,5-6,16H2,1-4H3,(H2,26,27,28,29,30,31). The molecule has 0 aliphatic carbocycles. The van der Waals surface area contributed by atoms with Crippen molar-refractivity contribution in [3.05, 3.63) is 71.5 Å². The summed E-state index contributed by atoms with van der Waals surface area (Å²) in [4.78, 5) is 25.7. The van der Waals surface area contributed by atoms with Crippen LogP contribution in [0.1, 0.15) is 30.8 Å². The van der Waals surface area contributed by atoms with Gasteiger partial charge in [-0.1, -0.05) is 19.1 Å². The van der Waals surface area contributed by atoms with Gasteiger partial charge in [0, 0.05) is 17.1 Å². The summed E-state index contributed by atoms with van der Waals surface area (Å²) >= 11 is 0. The van der Waals surface area contributed by atoms with Crippen LogP contribution in [0, 0.1) is 13.8 Å². The summed E-state index contributed by atoms with van der Waals surface area (Å²) in [7, 11) is 0. The average Bonchev–Trinajstić information content (AvgIpc) is 2.79. The first-order valence-corrected chi connectivity index (χ1v) is 10.9. The molecule has 33 heavy (non-hydrogen) atoms. The number of carbonyl (C=O) groups excluding carboxylic acids is 1. The highest BCUT2D eigenvalue weighted by molar-refractivity contribution is 6.05. The van der Waals surface area contributed by atoms with Gasteiger partial charge in [-0.25, -0.2) is 9.97 Å². The Labute approximate surface area is 194 Å². The van der Waals surface area contributed by atoms with Crippen LogP contribution in [-0.4, -0.2) is 35.0 Å². The van der Waals surface area contributed by atoms with E-state index in [9.17, 15) is 4.79 Å². The largest absolute Gasteiger partial charge is 0.494 e. The lowest BCUT2D eigenvalue weighted by atomic mass is 10.2. The zero-order chi connectivity index (χ0) is 23.6. The van der Waals surface area contributed by atoms with Crippen LogP contribution >= 0.6 is 0 Å². The second kappa shape index (κ2) is 11.6. The maximum absolute atomic E-state index is 12.6. The second-order valence-corrected chi connectivity index (χ2v) is 7.33. The summed E-state index contributed by atoms with van der Waals surface area (Å²) in [6.07, 6.45) is 0.943. The fourth-order valence-corrected chi connectivity index (χ4v) is 3.02. The van der Waals surface area contributed by atoms with Crippen molar-refractivity contribution in [2.75, 3.05) is 18.5 Å². The van der Waals surface area contributed by atoms with Crippen molar-refractivity contribution >= 4 is 23.5 Å². The van der Waals surface area contributed by atoms with Crippen molar-refractivity contribution in [1.82, 2.24) is 15.3 Å². The van der Waals surface area contributed by atoms with Gasteiger partial charge in [-0.15, -0.1) is 0 Å². The van der Waals surface area contributed by atoms with E-state index in [-0.39, 0.29) is 24.4 Å². The highest BCUT2D eigenvalue weighted by atomic mass is 16.5. The number of anilines is 1. The smallest absolute Gasteiger partial charge is 0.264 e. The fourth-order valence-electron chi connectivity index (χ4n) is 3.02. The molecule has 172 valence electrons. The first kappa shape index (κ1) is 23.7. The lowest BCUT2D eigenvalue weighted by Gasteiger charge is -2.13. The van der Waals surface area contributed by atoms with Gasteiger partial charge < -0.3 is 14.8 Å². The minimum atomic E-state index is -0.365. The van der Waals surface area contributed by atoms with Crippen molar-refractivity contribution in [2.24, 2.45) is 4.99 Å². The number of carbonyl (C=O) groups is 1. The van der Waals surface area contributed by atoms with Crippen LogP contribution in [0.4, 0.5) is 11.6 Å². The third-order valence-electron chi connectivity index (χ3n) is 4.57. The van der Waals surface area contributed by atoms with Crippen molar-refractivity contribution in [3.63, 3.8) is 0 Å². The molecule has 3 rings (SSSR count). The fraction of sp³-hybridized carbons (Fsp3) is 0.280. The number of amides is 1. The van der Waals surface area contributed by atoms with Gasteiger partial charge in [0.25, 0.3) is 11.9 Å². The van der Waals surface area contributed by atoms with E-state index in [1.54, 1.807) is 0 Å². The maximum atomic E-state index is 12.6. The van der Waals surface area contributed by atoms with E-state index in [0.717, 1.165) is 29.2 Å². The zero-order valence-electron chi connectivity index (χ0n) is 19.4. The quantitative estimate of drug-likeness (QED) is 0.394. The van der Waals surface area contributed by atoms with Gasteiger partial charge in [0.15, 0.2) is 6.61 Å². The molecular weight excluding hydrogens is 418 g/mol. The Balaban J connectivity index is 1.73. The monoisotopic (exact) mass is 447 g/mol. The molecular formula is C25H29N5O3. The van der Waals surface area contributed by atoms with Crippen molar-refractivity contribution in [3.8, 4) is 11.5 Å². The Morgan fingerprint density at radius 3 is 2.12 bits per heavy atom. The molecule has 2 aromatic carbocycles. The normalized spacial score (nSPS) is 11.1. The van der Waals surface area contributed by atoms with Gasteiger partial charge in [0.2, 0.25) is 5.96 Å². The highest BCUT2D eigenvalue weighted by Crippen LogP contribution is 2.16. The van der Waals surface area contributed by atoms with E-state index in [1.165, 1.54) is 5.56 Å². The number of nitrogens with zero attached hydrogens (tertiary/aromatic N) is 3. The SMILES string of the molecule is CCOc1ccc(N/C(=N/c2nc(C)cc(C)n2)NC(=O)COc2ccc(CC)cc2)cc1. The Bertz CT molecular complexity index is 1080. The number of hydrogen-bond donors (Lipinski definition) is 2. The van der Waals surface area contributed by atoms with E-state index in [1.807, 2.05) is 75.4 Å². The number of aromatic nitrogens is 2. The van der Waals surface area contributed by atoms with Crippen LogP contribution in [0.5, 0.6) is 11.5 Å². The topological polar surface area (TPSA) is 97.7 Å². The van der Waals surface area contributed by atoms with E-state index in [4.69, 9.17) is 9.47 Å². The van der Waals surface area contributed by atoms with Gasteiger partial charge in [0.1, 0.15) is 11.5 Å². The Kier molecular flexibility index (Phi) is 8.35. The van der Waals surface area contributed by atoms with Gasteiger partial charge in [-0.05, 0) is 75.2 Å². The molecule has 0 aliphatic heterocycles. The van der Waals surface area contributed by atoms with Crippen LogP contribution in [0.3, 0.4) is 0 Å². The van der Waals surface area contributed by atoms with Gasteiger partial charge in [0.05, 0.1) is 6.61 Å². The molecule has 8 heteroatoms. The molecule has 0 unspecified atom stereocenters. The first-order chi connectivity index (χ1) is 15.9. The molecule has 0 fully saturated rings. The van der Waals surface area contributed by atoms with E-state index in [0.29, 0.717) is 12.4 Å². The zero-order valence-corrected chi connectivity index (χ0v) is 19.4. The van der Waals surface area contributed by atoms with Crippen LogP contribution in [0.2, 0.25) is 0 Å². The number of nitrogens with one attached hydrogen (secondary N) is 2. The van der Waals surface area contributed by atoms with Crippen molar-refractivity contribution < 1.29 is 14.3 Å². The number of aliphatic imine (C=N–C) groups is 1. The number of guanidine groups is 1. The molecule has 3 aromatic rings. The minimum absolute atomic E-state index is 0.164. The third-order valence-corrected chi connectivity index (χ3v) is 4.57. The number of ether oxygens (including phenoxy) is 2. The van der Waals surface area contributed by atoms with Crippen molar-refractivity contribution in [1.29, 1.82) is 0 Å². The van der Waals surface area contributed by atoms with Crippen LogP contribution in [0.25, 0.3) is 0 Å². The average molecular weight is 448 g/mol. The summed E-state index contributed by atoms with van der Waals surface area (Å²) in [6.45, 7) is 8.16. The molecule has 0 saturated carbocycles. The van der Waals surface area contributed by atoms with E-state index >= 15 is 0 Å². The molecule has 8 nitrogen and oxygen atoms in total. The Morgan fingerprint density at radius 2 is 1.52 bits per heavy atom. The van der Waals surface area contributed by atoms with E-state index < -0.39 is 0 Å². The summed E-state index contributed by atoms with van der Waals surface area (Å²) < 4.78 is 11.1. The Hall–Kier alpha value is -3.94. The Morgan fingerprint density at radius 1 is 0.909 bits per heavy atom. The van der Waals surface area contributed by atoms with Gasteiger partial charge in [-0.3, -0.25) is 10.1 Å². The lowest BCUT2D eigenvalue weighted by Crippen LogP contribution is -2.38. The molecule has 2 N–H and O–H groups in total. The van der Waals surface area contributed by atoms with E-state index in [2.05, 4.69) is 32.5 Å².